The number of nitrogens with zero attached hydrogens (tertiary/aromatic N) is 3. The predicted octanol–water partition coefficient (Wildman–Crippen LogP) is 3.68. The molecule has 0 atom stereocenters. The average molecular weight is 482 g/mol. The number of aromatic nitrogens is 1. The van der Waals surface area contributed by atoms with Crippen LogP contribution in [0.1, 0.15) is 15.4 Å². The molecule has 0 spiro atoms. The number of aryl methyl sites for hydroxylation is 1. The Kier molecular flexibility index (Phi) is 6.06. The Hall–Kier alpha value is -2.76. The van der Waals surface area contributed by atoms with Crippen LogP contribution in [0.3, 0.4) is 0 Å². The smallest absolute Gasteiger partial charge is 0.265 e. The van der Waals surface area contributed by atoms with Crippen molar-refractivity contribution in [1.29, 1.82) is 0 Å². The molecule has 6 nitrogen and oxygen atoms in total. The van der Waals surface area contributed by atoms with Gasteiger partial charge in [-0.3, -0.25) is 4.79 Å². The second-order valence-corrected chi connectivity index (χ2v) is 10.1. The largest absolute Gasteiger partial charge is 0.335 e. The highest BCUT2D eigenvalue weighted by Gasteiger charge is 2.33. The van der Waals surface area contributed by atoms with Gasteiger partial charge in [0, 0.05) is 31.7 Å². The zero-order valence-corrected chi connectivity index (χ0v) is 18.5. The highest BCUT2D eigenvalue weighted by atomic mass is 32.2. The minimum atomic E-state index is -4.23. The number of piperazine rings is 1. The van der Waals surface area contributed by atoms with Crippen LogP contribution < -0.4 is 0 Å². The maximum absolute atomic E-state index is 14.0. The Morgan fingerprint density at radius 3 is 2.25 bits per heavy atom. The quantitative estimate of drug-likeness (QED) is 0.570. The lowest BCUT2D eigenvalue weighted by Gasteiger charge is -2.33. The Morgan fingerprint density at radius 2 is 1.59 bits per heavy atom. The summed E-state index contributed by atoms with van der Waals surface area (Å²) < 4.78 is 67.1. The molecule has 0 aliphatic carbocycles. The van der Waals surface area contributed by atoms with Gasteiger partial charge in [-0.05, 0) is 49.4 Å². The van der Waals surface area contributed by atoms with Crippen molar-refractivity contribution in [3.8, 4) is 10.6 Å². The first kappa shape index (κ1) is 22.4. The van der Waals surface area contributed by atoms with Crippen molar-refractivity contribution in [2.75, 3.05) is 26.2 Å². The first-order valence-corrected chi connectivity index (χ1v) is 11.9. The molecule has 32 heavy (non-hydrogen) atoms. The van der Waals surface area contributed by atoms with E-state index in [9.17, 15) is 26.4 Å². The normalized spacial score (nSPS) is 15.2. The average Bonchev–Trinajstić information content (AvgIpc) is 3.17. The molecule has 3 aromatic rings. The minimum absolute atomic E-state index is 0.0489. The second kappa shape index (κ2) is 8.64. The molecule has 1 aliphatic rings. The first-order chi connectivity index (χ1) is 15.2. The van der Waals surface area contributed by atoms with Gasteiger partial charge in [-0.2, -0.15) is 4.31 Å². The van der Waals surface area contributed by atoms with E-state index in [1.165, 1.54) is 28.4 Å². The summed E-state index contributed by atoms with van der Waals surface area (Å²) in [7, 11) is -4.23. The van der Waals surface area contributed by atoms with E-state index < -0.39 is 26.6 Å². The van der Waals surface area contributed by atoms with Crippen LogP contribution in [-0.4, -0.2) is 54.7 Å². The summed E-state index contributed by atoms with van der Waals surface area (Å²) in [4.78, 5) is 18.6. The third-order valence-electron chi connectivity index (χ3n) is 5.12. The lowest BCUT2D eigenvalue weighted by atomic mass is 10.2. The van der Waals surface area contributed by atoms with Gasteiger partial charge in [0.2, 0.25) is 10.0 Å². The van der Waals surface area contributed by atoms with E-state index in [2.05, 4.69) is 4.98 Å². The Balaban J connectivity index is 1.48. The van der Waals surface area contributed by atoms with Gasteiger partial charge in [0.05, 0.1) is 5.69 Å². The van der Waals surface area contributed by atoms with Crippen molar-refractivity contribution in [1.82, 2.24) is 14.2 Å². The van der Waals surface area contributed by atoms with Gasteiger partial charge < -0.3 is 4.90 Å². The molecule has 1 saturated heterocycles. The van der Waals surface area contributed by atoms with E-state index in [-0.39, 0.29) is 37.9 Å². The maximum atomic E-state index is 14.0. The maximum Gasteiger partial charge on any atom is 0.265 e. The standard InChI is InChI=1S/C21H18F3N3O3S2/c1-13-19(31-20(25-13)14-2-4-15(22)5-3-14)21(28)26-8-10-27(11-9-26)32(29,30)18-12-16(23)6-7-17(18)24/h2-7,12H,8-11H2,1H3. The van der Waals surface area contributed by atoms with E-state index in [1.54, 1.807) is 19.1 Å². The number of hydrogen-bond acceptors (Lipinski definition) is 5. The van der Waals surface area contributed by atoms with Crippen LogP contribution in [-0.2, 0) is 10.0 Å². The molecule has 1 aromatic heterocycles. The molecule has 0 unspecified atom stereocenters. The summed E-state index contributed by atoms with van der Waals surface area (Å²) in [5, 5.41) is 0.577. The molecular weight excluding hydrogens is 463 g/mol. The van der Waals surface area contributed by atoms with Crippen molar-refractivity contribution >= 4 is 27.3 Å². The molecule has 0 radical (unpaired) electrons. The number of halogens is 3. The third kappa shape index (κ3) is 4.27. The number of carbonyl (C=O) groups is 1. The fourth-order valence-corrected chi connectivity index (χ4v) is 5.94. The molecule has 0 saturated carbocycles. The molecule has 1 aliphatic heterocycles. The molecule has 2 aromatic carbocycles. The Labute approximate surface area is 187 Å². The van der Waals surface area contributed by atoms with Crippen LogP contribution >= 0.6 is 11.3 Å². The predicted molar refractivity (Wildman–Crippen MR) is 113 cm³/mol. The number of carbonyl (C=O) groups excluding carboxylic acids is 1. The number of amides is 1. The van der Waals surface area contributed by atoms with Crippen molar-refractivity contribution < 1.29 is 26.4 Å². The number of sulfonamides is 1. The lowest BCUT2D eigenvalue weighted by Crippen LogP contribution is -2.50. The summed E-state index contributed by atoms with van der Waals surface area (Å²) >= 11 is 1.18. The van der Waals surface area contributed by atoms with Crippen LogP contribution in [0.25, 0.3) is 10.6 Å². The monoisotopic (exact) mass is 481 g/mol. The topological polar surface area (TPSA) is 70.6 Å². The van der Waals surface area contributed by atoms with Crippen molar-refractivity contribution in [2.45, 2.75) is 11.8 Å². The molecule has 11 heteroatoms. The number of benzene rings is 2. The van der Waals surface area contributed by atoms with Gasteiger partial charge in [-0.25, -0.2) is 26.6 Å². The molecular formula is C21H18F3N3O3S2. The molecule has 2 heterocycles. The Morgan fingerprint density at radius 1 is 0.969 bits per heavy atom. The van der Waals surface area contributed by atoms with Crippen LogP contribution in [0.15, 0.2) is 47.4 Å². The number of rotatable bonds is 4. The Bertz CT molecular complexity index is 1270. The zero-order chi connectivity index (χ0) is 23.0. The molecule has 4 rings (SSSR count). The molecule has 168 valence electrons. The molecule has 1 amide bonds. The second-order valence-electron chi connectivity index (χ2n) is 7.21. The molecule has 0 bridgehead atoms. The number of hydrogen-bond donors (Lipinski definition) is 0. The van der Waals surface area contributed by atoms with Crippen LogP contribution in [0.2, 0.25) is 0 Å². The minimum Gasteiger partial charge on any atom is -0.335 e. The van der Waals surface area contributed by atoms with Crippen molar-refractivity contribution in [3.63, 3.8) is 0 Å². The highest BCUT2D eigenvalue weighted by molar-refractivity contribution is 7.89. The van der Waals surface area contributed by atoms with E-state index in [0.717, 1.165) is 16.4 Å². The van der Waals surface area contributed by atoms with E-state index in [1.807, 2.05) is 0 Å². The van der Waals surface area contributed by atoms with E-state index >= 15 is 0 Å². The van der Waals surface area contributed by atoms with Crippen LogP contribution in [0, 0.1) is 24.4 Å². The van der Waals surface area contributed by atoms with Crippen LogP contribution in [0.5, 0.6) is 0 Å². The SMILES string of the molecule is Cc1nc(-c2ccc(F)cc2)sc1C(=O)N1CCN(S(=O)(=O)c2cc(F)ccc2F)CC1. The lowest BCUT2D eigenvalue weighted by molar-refractivity contribution is 0.0701. The summed E-state index contributed by atoms with van der Waals surface area (Å²) in [6, 6.07) is 8.06. The van der Waals surface area contributed by atoms with E-state index in [0.29, 0.717) is 27.2 Å². The summed E-state index contributed by atoms with van der Waals surface area (Å²) in [6.45, 7) is 1.79. The summed E-state index contributed by atoms with van der Waals surface area (Å²) in [5.74, 6) is -2.54. The fraction of sp³-hybridized carbons (Fsp3) is 0.238. The zero-order valence-electron chi connectivity index (χ0n) is 16.9. The van der Waals surface area contributed by atoms with Gasteiger partial charge in [0.1, 0.15) is 32.2 Å². The highest BCUT2D eigenvalue weighted by Crippen LogP contribution is 2.30. The first-order valence-electron chi connectivity index (χ1n) is 9.64. The van der Waals surface area contributed by atoms with Gasteiger partial charge >= 0.3 is 0 Å². The van der Waals surface area contributed by atoms with E-state index in [4.69, 9.17) is 0 Å². The number of thiazole rings is 1. The van der Waals surface area contributed by atoms with Gasteiger partial charge in [0.25, 0.3) is 5.91 Å². The molecule has 1 fully saturated rings. The van der Waals surface area contributed by atoms with Crippen LogP contribution in [0.4, 0.5) is 13.2 Å². The molecule has 0 N–H and O–H groups in total. The van der Waals surface area contributed by atoms with Crippen molar-refractivity contribution in [2.24, 2.45) is 0 Å². The summed E-state index contributed by atoms with van der Waals surface area (Å²) in [6.07, 6.45) is 0. The fourth-order valence-electron chi connectivity index (χ4n) is 3.40. The van der Waals surface area contributed by atoms with Crippen molar-refractivity contribution in [3.05, 3.63) is 70.5 Å². The van der Waals surface area contributed by atoms with Gasteiger partial charge in [-0.1, -0.05) is 0 Å². The summed E-state index contributed by atoms with van der Waals surface area (Å²) in [5.41, 5.74) is 1.21. The van der Waals surface area contributed by atoms with Gasteiger partial charge in [-0.15, -0.1) is 11.3 Å². The van der Waals surface area contributed by atoms with Gasteiger partial charge in [0.15, 0.2) is 0 Å². The third-order valence-corrected chi connectivity index (χ3v) is 8.23.